The number of likely N-dealkylation sites (tertiary alicyclic amines) is 1. The summed E-state index contributed by atoms with van der Waals surface area (Å²) in [4.78, 5) is 14.4. The molecule has 0 N–H and O–H groups in total. The van der Waals surface area contributed by atoms with E-state index < -0.39 is 0 Å². The van der Waals surface area contributed by atoms with E-state index in [1.807, 2.05) is 11.0 Å². The van der Waals surface area contributed by atoms with Gasteiger partial charge < -0.3 is 19.1 Å². The summed E-state index contributed by atoms with van der Waals surface area (Å²) < 4.78 is 9.51. The topological polar surface area (TPSA) is 70.7 Å². The van der Waals surface area contributed by atoms with E-state index in [2.05, 4.69) is 139 Å². The Morgan fingerprint density at radius 3 is 1.94 bits per heavy atom. The molecular weight excluding hydrogens is 647 g/mol. The van der Waals surface area contributed by atoms with Gasteiger partial charge in [0, 0.05) is 88.7 Å². The average Bonchev–Trinajstić information content (AvgIpc) is 3.80. The molecule has 0 amide bonds. The van der Waals surface area contributed by atoms with Crippen LogP contribution in [0.5, 0.6) is 0 Å². The van der Waals surface area contributed by atoms with Crippen LogP contribution in [0.4, 0.5) is 0 Å². The zero-order valence-corrected chi connectivity index (χ0v) is 33.8. The van der Waals surface area contributed by atoms with Gasteiger partial charge in [0.1, 0.15) is 0 Å². The fourth-order valence-electron chi connectivity index (χ4n) is 6.44. The molecule has 3 aliphatic heterocycles. The fourth-order valence-corrected chi connectivity index (χ4v) is 6.44. The monoisotopic (exact) mass is 722 g/mol. The van der Waals surface area contributed by atoms with Gasteiger partial charge in [0.15, 0.2) is 0 Å². The second kappa shape index (κ2) is 21.3. The molecule has 3 aliphatic rings. The summed E-state index contributed by atoms with van der Waals surface area (Å²) in [7, 11) is 2.21. The first-order chi connectivity index (χ1) is 24.3. The van der Waals surface area contributed by atoms with E-state index in [4.69, 9.17) is 4.74 Å². The first kappa shape index (κ1) is 43.8. The number of aromatic nitrogens is 5. The Labute approximate surface area is 317 Å². The lowest BCUT2D eigenvalue weighted by atomic mass is 9.93. The van der Waals surface area contributed by atoms with Crippen LogP contribution in [-0.4, -0.2) is 130 Å². The Morgan fingerprint density at radius 2 is 1.35 bits per heavy atom. The number of nitrogens with zero attached hydrogens (tertiary/aromatic N) is 9. The Hall–Kier alpha value is -2.63. The van der Waals surface area contributed by atoms with Gasteiger partial charge in [-0.25, -0.2) is 4.98 Å². The summed E-state index contributed by atoms with van der Waals surface area (Å²) in [5.74, 6) is 0.627. The first-order valence-electron chi connectivity index (χ1n) is 19.7. The van der Waals surface area contributed by atoms with E-state index in [1.165, 1.54) is 75.4 Å². The quantitative estimate of drug-likeness (QED) is 0.240. The SMILES string of the molecule is C.CC(C)(C)c1cn(CCN2CCCCC2)nn1.CC(C)(C)c1cn(CCN2CCOCC2)cn1.CC(C)c1cccc(CN2CCN(C)CC2)c1. The molecular formula is C42H75N9O. The van der Waals surface area contributed by atoms with Crippen molar-refractivity contribution < 1.29 is 4.74 Å². The summed E-state index contributed by atoms with van der Waals surface area (Å²) in [6.07, 6.45) is 10.3. The molecule has 6 rings (SSSR count). The molecule has 0 atom stereocenters. The molecule has 3 aromatic rings. The molecule has 5 heterocycles. The summed E-state index contributed by atoms with van der Waals surface area (Å²) in [6, 6.07) is 9.05. The highest BCUT2D eigenvalue weighted by molar-refractivity contribution is 5.25. The Bertz CT molecular complexity index is 1310. The molecule has 0 unspecified atom stereocenters. The number of piperidine rings is 1. The molecule has 0 radical (unpaired) electrons. The van der Waals surface area contributed by atoms with Crippen LogP contribution in [0.15, 0.2) is 43.0 Å². The number of hydrogen-bond donors (Lipinski definition) is 0. The normalized spacial score (nSPS) is 18.3. The van der Waals surface area contributed by atoms with Gasteiger partial charge in [0.25, 0.3) is 0 Å². The molecule has 3 saturated heterocycles. The van der Waals surface area contributed by atoms with Crippen LogP contribution in [0.1, 0.15) is 111 Å². The van der Waals surface area contributed by atoms with Crippen LogP contribution >= 0.6 is 0 Å². The zero-order valence-electron chi connectivity index (χ0n) is 33.8. The highest BCUT2D eigenvalue weighted by atomic mass is 16.5. The smallest absolute Gasteiger partial charge is 0.0950 e. The maximum absolute atomic E-state index is 5.34. The highest BCUT2D eigenvalue weighted by Crippen LogP contribution is 2.20. The van der Waals surface area contributed by atoms with Crippen LogP contribution in [0, 0.1) is 0 Å². The van der Waals surface area contributed by atoms with Crippen molar-refractivity contribution in [1.29, 1.82) is 0 Å². The second-order valence-corrected chi connectivity index (χ2v) is 17.2. The van der Waals surface area contributed by atoms with Crippen molar-refractivity contribution in [3.63, 3.8) is 0 Å². The standard InChI is InChI=1S/C15H24N2.C13H24N4.C13H23N3O.CH4/c1-13(2)15-6-4-5-14(11-15)12-17-9-7-16(3)8-10-17;1-13(2,3)12-11-17(15-14-12)10-9-16-7-5-4-6-8-16;1-13(2,3)12-10-16(11-14-12)5-4-15-6-8-17-9-7-15;/h4-6,11,13H,7-10,12H2,1-3H3;11H,4-10H2,1-3H3;10-11H,4-9H2,1-3H3;1H4. The van der Waals surface area contributed by atoms with Gasteiger partial charge in [-0.1, -0.05) is 98.7 Å². The average molecular weight is 722 g/mol. The molecule has 0 saturated carbocycles. The van der Waals surface area contributed by atoms with Gasteiger partial charge in [-0.2, -0.15) is 0 Å². The Balaban J connectivity index is 0.000000208. The third-order valence-corrected chi connectivity index (χ3v) is 10.2. The molecule has 10 heteroatoms. The van der Waals surface area contributed by atoms with Gasteiger partial charge in [-0.15, -0.1) is 5.10 Å². The number of likely N-dealkylation sites (N-methyl/N-ethyl adjacent to an activating group) is 1. The lowest BCUT2D eigenvalue weighted by Gasteiger charge is -2.32. The van der Waals surface area contributed by atoms with Crippen LogP contribution in [0.25, 0.3) is 0 Å². The second-order valence-electron chi connectivity index (χ2n) is 17.2. The largest absolute Gasteiger partial charge is 0.379 e. The molecule has 0 spiro atoms. The van der Waals surface area contributed by atoms with E-state index in [0.29, 0.717) is 5.92 Å². The molecule has 294 valence electrons. The number of benzene rings is 1. The van der Waals surface area contributed by atoms with Crippen molar-refractivity contribution in [2.45, 2.75) is 118 Å². The van der Waals surface area contributed by atoms with Crippen molar-refractivity contribution in [2.24, 2.45) is 0 Å². The fraction of sp³-hybridized carbons (Fsp3) is 0.738. The molecule has 52 heavy (non-hydrogen) atoms. The molecule has 2 aromatic heterocycles. The molecule has 0 aliphatic carbocycles. The lowest BCUT2D eigenvalue weighted by Crippen LogP contribution is -2.43. The van der Waals surface area contributed by atoms with Crippen molar-refractivity contribution in [2.75, 3.05) is 85.7 Å². The molecule has 0 bridgehead atoms. The summed E-state index contributed by atoms with van der Waals surface area (Å²) in [6.45, 7) is 34.0. The van der Waals surface area contributed by atoms with Gasteiger partial charge in [0.2, 0.25) is 0 Å². The molecule has 10 nitrogen and oxygen atoms in total. The van der Waals surface area contributed by atoms with Crippen molar-refractivity contribution in [3.05, 3.63) is 65.5 Å². The minimum Gasteiger partial charge on any atom is -0.379 e. The summed E-state index contributed by atoms with van der Waals surface area (Å²) in [5.41, 5.74) is 5.40. The Morgan fingerprint density at radius 1 is 0.712 bits per heavy atom. The number of piperazine rings is 1. The van der Waals surface area contributed by atoms with Gasteiger partial charge in [-0.05, 0) is 50.0 Å². The van der Waals surface area contributed by atoms with E-state index in [0.717, 1.165) is 64.7 Å². The van der Waals surface area contributed by atoms with Gasteiger partial charge in [0.05, 0.1) is 37.5 Å². The van der Waals surface area contributed by atoms with Crippen LogP contribution in [0.3, 0.4) is 0 Å². The number of ether oxygens (including phenoxy) is 1. The Kier molecular flexibility index (Phi) is 17.9. The minimum absolute atomic E-state index is 0. The van der Waals surface area contributed by atoms with E-state index >= 15 is 0 Å². The van der Waals surface area contributed by atoms with E-state index in [9.17, 15) is 0 Å². The number of imidazole rings is 1. The maximum atomic E-state index is 5.34. The lowest BCUT2D eigenvalue weighted by molar-refractivity contribution is 0.0364. The number of morpholine rings is 1. The number of hydrogen-bond acceptors (Lipinski definition) is 8. The molecule has 1 aromatic carbocycles. The van der Waals surface area contributed by atoms with Crippen LogP contribution < -0.4 is 0 Å². The number of rotatable bonds is 9. The van der Waals surface area contributed by atoms with Crippen molar-refractivity contribution >= 4 is 0 Å². The van der Waals surface area contributed by atoms with Crippen molar-refractivity contribution in [3.8, 4) is 0 Å². The van der Waals surface area contributed by atoms with Gasteiger partial charge in [-0.3, -0.25) is 14.5 Å². The highest BCUT2D eigenvalue weighted by Gasteiger charge is 2.19. The minimum atomic E-state index is 0. The predicted octanol–water partition coefficient (Wildman–Crippen LogP) is 6.77. The maximum Gasteiger partial charge on any atom is 0.0950 e. The van der Waals surface area contributed by atoms with E-state index in [1.54, 1.807) is 0 Å². The van der Waals surface area contributed by atoms with Crippen LogP contribution in [0.2, 0.25) is 0 Å². The molecule has 3 fully saturated rings. The van der Waals surface area contributed by atoms with E-state index in [-0.39, 0.29) is 18.3 Å². The third kappa shape index (κ3) is 15.4. The zero-order chi connectivity index (χ0) is 36.9. The first-order valence-corrected chi connectivity index (χ1v) is 19.7. The third-order valence-electron chi connectivity index (χ3n) is 10.2. The van der Waals surface area contributed by atoms with Crippen LogP contribution in [-0.2, 0) is 35.2 Å². The summed E-state index contributed by atoms with van der Waals surface area (Å²) >= 11 is 0. The van der Waals surface area contributed by atoms with Crippen molar-refractivity contribution in [1.82, 2.24) is 44.1 Å². The predicted molar refractivity (Wildman–Crippen MR) is 217 cm³/mol. The van der Waals surface area contributed by atoms with Gasteiger partial charge >= 0.3 is 0 Å². The summed E-state index contributed by atoms with van der Waals surface area (Å²) in [5, 5.41) is 8.45.